The lowest BCUT2D eigenvalue weighted by Gasteiger charge is -2.46. The van der Waals surface area contributed by atoms with E-state index in [9.17, 15) is 5.11 Å². The van der Waals surface area contributed by atoms with Crippen molar-refractivity contribution in [2.24, 2.45) is 11.3 Å². The number of rotatable bonds is 3. The Kier molecular flexibility index (Phi) is 3.79. The first-order chi connectivity index (χ1) is 9.14. The van der Waals surface area contributed by atoms with Crippen LogP contribution in [0, 0.1) is 11.3 Å². The smallest absolute Gasteiger partial charge is 0.123 e. The van der Waals surface area contributed by atoms with Crippen LogP contribution in [0.4, 0.5) is 0 Å². The van der Waals surface area contributed by atoms with Crippen molar-refractivity contribution < 1.29 is 9.84 Å². The van der Waals surface area contributed by atoms with Gasteiger partial charge in [-0.2, -0.15) is 0 Å². The number of phenolic OH excluding ortho intramolecular Hbond substituents is 1. The summed E-state index contributed by atoms with van der Waals surface area (Å²) >= 11 is 0. The summed E-state index contributed by atoms with van der Waals surface area (Å²) in [7, 11) is 0. The molecule has 2 heteroatoms. The van der Waals surface area contributed by atoms with E-state index in [4.69, 9.17) is 4.74 Å². The molecule has 2 nitrogen and oxygen atoms in total. The Morgan fingerprint density at radius 1 is 1.20 bits per heavy atom. The van der Waals surface area contributed by atoms with E-state index in [0.29, 0.717) is 11.7 Å². The molecule has 0 spiro atoms. The Morgan fingerprint density at radius 3 is 2.45 bits per heavy atom. The average molecular weight is 276 g/mol. The van der Waals surface area contributed by atoms with Gasteiger partial charge in [0.1, 0.15) is 17.1 Å². The van der Waals surface area contributed by atoms with Crippen LogP contribution in [0.1, 0.15) is 59.1 Å². The summed E-state index contributed by atoms with van der Waals surface area (Å²) in [6.07, 6.45) is 2.97. The first-order valence-corrected chi connectivity index (χ1v) is 7.67. The number of ether oxygens (including phenoxy) is 1. The Bertz CT molecular complexity index is 498. The summed E-state index contributed by atoms with van der Waals surface area (Å²) in [5.74, 6) is 2.01. The van der Waals surface area contributed by atoms with Crippen LogP contribution >= 0.6 is 0 Å². The summed E-state index contributed by atoms with van der Waals surface area (Å²) in [5, 5.41) is 10.2. The van der Waals surface area contributed by atoms with Gasteiger partial charge in [-0.25, -0.2) is 0 Å². The largest absolute Gasteiger partial charge is 0.508 e. The zero-order valence-corrected chi connectivity index (χ0v) is 13.7. The molecular weight excluding hydrogens is 248 g/mol. The zero-order valence-electron chi connectivity index (χ0n) is 13.7. The van der Waals surface area contributed by atoms with E-state index in [0.717, 1.165) is 30.6 Å². The van der Waals surface area contributed by atoms with E-state index in [1.54, 1.807) is 6.07 Å². The maximum Gasteiger partial charge on any atom is 0.123 e. The molecule has 0 saturated heterocycles. The quantitative estimate of drug-likeness (QED) is 0.865. The topological polar surface area (TPSA) is 29.5 Å². The molecule has 20 heavy (non-hydrogen) atoms. The SMILES string of the molecule is CC(C)CCc1c(O)ccc2c1CC(C)(C)C(C)(C)O2. The highest BCUT2D eigenvalue weighted by Gasteiger charge is 2.44. The third-order valence-corrected chi connectivity index (χ3v) is 4.95. The van der Waals surface area contributed by atoms with Crippen molar-refractivity contribution in [2.75, 3.05) is 0 Å². The van der Waals surface area contributed by atoms with E-state index >= 15 is 0 Å². The molecule has 0 fully saturated rings. The fourth-order valence-corrected chi connectivity index (χ4v) is 2.73. The van der Waals surface area contributed by atoms with Gasteiger partial charge >= 0.3 is 0 Å². The van der Waals surface area contributed by atoms with Gasteiger partial charge in [-0.1, -0.05) is 27.7 Å². The lowest BCUT2D eigenvalue weighted by atomic mass is 9.70. The number of hydrogen-bond donors (Lipinski definition) is 1. The standard InChI is InChI=1S/C18H28O2/c1-12(2)7-8-13-14-11-17(3,4)18(5,6)20-16(14)10-9-15(13)19/h9-10,12,19H,7-8,11H2,1-6H3. The molecule has 0 radical (unpaired) electrons. The molecule has 1 aliphatic heterocycles. The fourth-order valence-electron chi connectivity index (χ4n) is 2.73. The van der Waals surface area contributed by atoms with Crippen LogP contribution in [-0.4, -0.2) is 10.7 Å². The summed E-state index contributed by atoms with van der Waals surface area (Å²) < 4.78 is 6.23. The number of fused-ring (bicyclic) bond motifs is 1. The second-order valence-corrected chi connectivity index (χ2v) is 7.65. The predicted octanol–water partition coefficient (Wildman–Crippen LogP) is 4.72. The average Bonchev–Trinajstić information content (AvgIpc) is 2.29. The molecule has 0 aromatic heterocycles. The molecule has 0 amide bonds. The molecule has 0 saturated carbocycles. The second-order valence-electron chi connectivity index (χ2n) is 7.65. The molecule has 1 heterocycles. The Morgan fingerprint density at radius 2 is 1.85 bits per heavy atom. The Balaban J connectivity index is 2.42. The number of hydrogen-bond acceptors (Lipinski definition) is 2. The molecule has 0 bridgehead atoms. The van der Waals surface area contributed by atoms with E-state index in [-0.39, 0.29) is 11.0 Å². The maximum absolute atomic E-state index is 10.2. The van der Waals surface area contributed by atoms with E-state index < -0.39 is 0 Å². The van der Waals surface area contributed by atoms with E-state index in [1.807, 2.05) is 6.07 Å². The van der Waals surface area contributed by atoms with Gasteiger partial charge < -0.3 is 9.84 Å². The van der Waals surface area contributed by atoms with Gasteiger partial charge in [0.05, 0.1) is 0 Å². The number of aromatic hydroxyl groups is 1. The molecule has 1 aromatic carbocycles. The lowest BCUT2D eigenvalue weighted by molar-refractivity contribution is -0.0274. The van der Waals surface area contributed by atoms with Gasteiger partial charge in [-0.15, -0.1) is 0 Å². The van der Waals surface area contributed by atoms with Gasteiger partial charge in [0.15, 0.2) is 0 Å². The summed E-state index contributed by atoms with van der Waals surface area (Å²) in [6.45, 7) is 13.2. The highest BCUT2D eigenvalue weighted by atomic mass is 16.5. The van der Waals surface area contributed by atoms with Crippen LogP contribution in [0.2, 0.25) is 0 Å². The summed E-state index contributed by atoms with van der Waals surface area (Å²) in [4.78, 5) is 0. The normalized spacial score (nSPS) is 19.6. The minimum atomic E-state index is -0.188. The van der Waals surface area contributed by atoms with E-state index in [1.165, 1.54) is 5.56 Å². The van der Waals surface area contributed by atoms with Crippen LogP contribution in [0.5, 0.6) is 11.5 Å². The molecule has 2 rings (SSSR count). The number of phenols is 1. The van der Waals surface area contributed by atoms with Crippen LogP contribution in [-0.2, 0) is 12.8 Å². The summed E-state index contributed by atoms with van der Waals surface area (Å²) in [5.41, 5.74) is 2.15. The van der Waals surface area contributed by atoms with Gasteiger partial charge in [-0.05, 0) is 51.2 Å². The van der Waals surface area contributed by atoms with Gasteiger partial charge in [0, 0.05) is 16.5 Å². The van der Waals surface area contributed by atoms with Crippen molar-refractivity contribution in [3.8, 4) is 11.5 Å². The third-order valence-electron chi connectivity index (χ3n) is 4.95. The van der Waals surface area contributed by atoms with Crippen molar-refractivity contribution in [3.63, 3.8) is 0 Å². The fraction of sp³-hybridized carbons (Fsp3) is 0.667. The van der Waals surface area contributed by atoms with Crippen molar-refractivity contribution in [1.82, 2.24) is 0 Å². The van der Waals surface area contributed by atoms with Crippen molar-refractivity contribution in [2.45, 2.75) is 66.4 Å². The molecule has 1 aromatic rings. The third kappa shape index (κ3) is 2.65. The van der Waals surface area contributed by atoms with Crippen LogP contribution in [0.15, 0.2) is 12.1 Å². The van der Waals surface area contributed by atoms with Crippen LogP contribution < -0.4 is 4.74 Å². The predicted molar refractivity (Wildman–Crippen MR) is 83.5 cm³/mol. The first kappa shape index (κ1) is 15.2. The molecule has 112 valence electrons. The minimum absolute atomic E-state index is 0.0559. The second kappa shape index (κ2) is 4.98. The Labute approximate surface area is 123 Å². The van der Waals surface area contributed by atoms with Gasteiger partial charge in [0.2, 0.25) is 0 Å². The molecule has 0 atom stereocenters. The Hall–Kier alpha value is -1.18. The van der Waals surface area contributed by atoms with Crippen molar-refractivity contribution in [3.05, 3.63) is 23.3 Å². The molecule has 0 aliphatic carbocycles. The maximum atomic E-state index is 10.2. The van der Waals surface area contributed by atoms with Crippen molar-refractivity contribution >= 4 is 0 Å². The first-order valence-electron chi connectivity index (χ1n) is 7.67. The molecule has 1 aliphatic rings. The summed E-state index contributed by atoms with van der Waals surface area (Å²) in [6, 6.07) is 3.70. The van der Waals surface area contributed by atoms with Crippen molar-refractivity contribution in [1.29, 1.82) is 0 Å². The molecular formula is C18H28O2. The molecule has 0 unspecified atom stereocenters. The van der Waals surface area contributed by atoms with Gasteiger partial charge in [0.25, 0.3) is 0 Å². The molecule has 1 N–H and O–H groups in total. The van der Waals surface area contributed by atoms with E-state index in [2.05, 4.69) is 41.5 Å². The highest BCUT2D eigenvalue weighted by Crippen LogP contribution is 2.47. The lowest BCUT2D eigenvalue weighted by Crippen LogP contribution is -2.48. The minimum Gasteiger partial charge on any atom is -0.508 e. The number of benzene rings is 1. The monoisotopic (exact) mass is 276 g/mol. The van der Waals surface area contributed by atoms with Gasteiger partial charge in [-0.3, -0.25) is 0 Å². The van der Waals surface area contributed by atoms with Crippen LogP contribution in [0.3, 0.4) is 0 Å². The van der Waals surface area contributed by atoms with Crippen LogP contribution in [0.25, 0.3) is 0 Å². The zero-order chi connectivity index (χ0) is 15.1. The highest BCUT2D eigenvalue weighted by molar-refractivity contribution is 5.50.